The maximum Gasteiger partial charge on any atom is 0.258 e. The molecule has 0 bridgehead atoms. The number of hydrogen-bond acceptors (Lipinski definition) is 3. The maximum absolute atomic E-state index is 12.2. The minimum Gasteiger partial charge on any atom is -0.484 e. The molecule has 1 aromatic rings. The lowest BCUT2D eigenvalue weighted by Gasteiger charge is -2.29. The topological polar surface area (TPSA) is 58.6 Å². The Morgan fingerprint density at radius 3 is 2.45 bits per heavy atom. The zero-order chi connectivity index (χ0) is 15.9. The van der Waals surface area contributed by atoms with Gasteiger partial charge in [0.1, 0.15) is 11.8 Å². The predicted molar refractivity (Wildman–Crippen MR) is 84.7 cm³/mol. The van der Waals surface area contributed by atoms with E-state index in [9.17, 15) is 9.59 Å². The molecule has 1 aliphatic heterocycles. The Kier molecular flexibility index (Phi) is 5.81. The summed E-state index contributed by atoms with van der Waals surface area (Å²) >= 11 is 0. The van der Waals surface area contributed by atoms with E-state index in [0.717, 1.165) is 31.5 Å². The van der Waals surface area contributed by atoms with Gasteiger partial charge in [0.05, 0.1) is 0 Å². The lowest BCUT2D eigenvalue weighted by molar-refractivity contribution is -0.137. The molecule has 5 heteroatoms. The van der Waals surface area contributed by atoms with Gasteiger partial charge in [-0.3, -0.25) is 9.59 Å². The fourth-order valence-corrected chi connectivity index (χ4v) is 2.52. The van der Waals surface area contributed by atoms with Crippen molar-refractivity contribution >= 4 is 11.8 Å². The number of nitrogens with one attached hydrogen (secondary N) is 1. The molecular weight excluding hydrogens is 280 g/mol. The molecule has 1 saturated heterocycles. The van der Waals surface area contributed by atoms with Crippen LogP contribution in [0.15, 0.2) is 24.3 Å². The number of likely N-dealkylation sites (tertiary alicyclic amines) is 1. The molecule has 1 aromatic carbocycles. The average molecular weight is 304 g/mol. The highest BCUT2D eigenvalue weighted by molar-refractivity contribution is 5.87. The normalized spacial score (nSPS) is 16.0. The Morgan fingerprint density at radius 1 is 1.18 bits per heavy atom. The number of rotatable bonds is 5. The van der Waals surface area contributed by atoms with E-state index >= 15 is 0 Å². The second-order valence-corrected chi connectivity index (χ2v) is 5.78. The molecule has 1 heterocycles. The Hall–Kier alpha value is -2.04. The zero-order valence-corrected chi connectivity index (χ0v) is 13.3. The highest BCUT2D eigenvalue weighted by Gasteiger charge is 2.23. The fourth-order valence-electron chi connectivity index (χ4n) is 2.52. The SMILES string of the molecule is Cc1ccc(OCC(=O)N[C@@H](C)C(=O)N2CCCCC2)cc1. The van der Waals surface area contributed by atoms with Crippen molar-refractivity contribution in [3.05, 3.63) is 29.8 Å². The van der Waals surface area contributed by atoms with Crippen LogP contribution in [-0.4, -0.2) is 42.5 Å². The molecule has 2 amide bonds. The Balaban J connectivity index is 1.75. The van der Waals surface area contributed by atoms with E-state index in [1.165, 1.54) is 6.42 Å². The molecule has 0 saturated carbocycles. The van der Waals surface area contributed by atoms with E-state index in [1.807, 2.05) is 36.1 Å². The van der Waals surface area contributed by atoms with E-state index in [4.69, 9.17) is 4.74 Å². The van der Waals surface area contributed by atoms with Gasteiger partial charge < -0.3 is 15.0 Å². The van der Waals surface area contributed by atoms with Gasteiger partial charge in [-0.15, -0.1) is 0 Å². The molecule has 5 nitrogen and oxygen atoms in total. The van der Waals surface area contributed by atoms with Crippen molar-refractivity contribution in [1.29, 1.82) is 0 Å². The number of nitrogens with zero attached hydrogens (tertiary/aromatic N) is 1. The smallest absolute Gasteiger partial charge is 0.258 e. The minimum absolute atomic E-state index is 0.0108. The summed E-state index contributed by atoms with van der Waals surface area (Å²) in [6.07, 6.45) is 3.26. The van der Waals surface area contributed by atoms with E-state index in [0.29, 0.717) is 5.75 Å². The highest BCUT2D eigenvalue weighted by atomic mass is 16.5. The van der Waals surface area contributed by atoms with Crippen molar-refractivity contribution in [1.82, 2.24) is 10.2 Å². The van der Waals surface area contributed by atoms with Crippen molar-refractivity contribution in [2.24, 2.45) is 0 Å². The molecule has 1 aliphatic rings. The van der Waals surface area contributed by atoms with Crippen LogP contribution in [0.4, 0.5) is 0 Å². The molecule has 0 aromatic heterocycles. The second kappa shape index (κ2) is 7.82. The standard InChI is InChI=1S/C17H24N2O3/c1-13-6-8-15(9-7-13)22-12-16(20)18-14(2)17(21)19-10-4-3-5-11-19/h6-9,14H,3-5,10-12H2,1-2H3,(H,18,20)/t14-/m0/s1. The largest absolute Gasteiger partial charge is 0.484 e. The van der Waals surface area contributed by atoms with Crippen LogP contribution in [0, 0.1) is 6.92 Å². The molecule has 0 unspecified atom stereocenters. The molecule has 22 heavy (non-hydrogen) atoms. The van der Waals surface area contributed by atoms with Gasteiger partial charge in [0.25, 0.3) is 5.91 Å². The van der Waals surface area contributed by atoms with Crippen molar-refractivity contribution in [2.75, 3.05) is 19.7 Å². The van der Waals surface area contributed by atoms with Crippen molar-refractivity contribution in [2.45, 2.75) is 39.2 Å². The summed E-state index contributed by atoms with van der Waals surface area (Å²) in [4.78, 5) is 25.9. The Bertz CT molecular complexity index is 507. The number of benzene rings is 1. The monoisotopic (exact) mass is 304 g/mol. The van der Waals surface area contributed by atoms with Gasteiger partial charge >= 0.3 is 0 Å². The highest BCUT2D eigenvalue weighted by Crippen LogP contribution is 2.11. The molecule has 1 atom stereocenters. The van der Waals surface area contributed by atoms with Crippen LogP contribution >= 0.6 is 0 Å². The first-order chi connectivity index (χ1) is 10.6. The maximum atomic E-state index is 12.2. The van der Waals surface area contributed by atoms with Crippen LogP contribution in [0.25, 0.3) is 0 Å². The van der Waals surface area contributed by atoms with E-state index < -0.39 is 6.04 Å². The van der Waals surface area contributed by atoms with Gasteiger partial charge in [-0.2, -0.15) is 0 Å². The molecular formula is C17H24N2O3. The number of carbonyl (C=O) groups excluding carboxylic acids is 2. The lowest BCUT2D eigenvalue weighted by Crippen LogP contribution is -2.49. The third-order valence-electron chi connectivity index (χ3n) is 3.81. The van der Waals surface area contributed by atoms with Gasteiger partial charge in [-0.05, 0) is 45.2 Å². The zero-order valence-electron chi connectivity index (χ0n) is 13.3. The predicted octanol–water partition coefficient (Wildman–Crippen LogP) is 1.89. The molecule has 1 fully saturated rings. The quantitative estimate of drug-likeness (QED) is 0.904. The van der Waals surface area contributed by atoms with Crippen LogP contribution in [-0.2, 0) is 9.59 Å². The van der Waals surface area contributed by atoms with Crippen LogP contribution in [0.1, 0.15) is 31.7 Å². The third kappa shape index (κ3) is 4.76. The number of aryl methyl sites for hydroxylation is 1. The second-order valence-electron chi connectivity index (χ2n) is 5.78. The molecule has 0 spiro atoms. The van der Waals surface area contributed by atoms with Gasteiger partial charge in [0.15, 0.2) is 6.61 Å². The number of hydrogen-bond donors (Lipinski definition) is 1. The summed E-state index contributed by atoms with van der Waals surface area (Å²) in [6.45, 7) is 5.21. The summed E-state index contributed by atoms with van der Waals surface area (Å²) in [5.41, 5.74) is 1.14. The molecule has 2 rings (SSSR count). The first-order valence-electron chi connectivity index (χ1n) is 7.84. The summed E-state index contributed by atoms with van der Waals surface area (Å²) in [7, 11) is 0. The molecule has 120 valence electrons. The van der Waals surface area contributed by atoms with Gasteiger partial charge in [-0.25, -0.2) is 0 Å². The van der Waals surface area contributed by atoms with Crippen LogP contribution < -0.4 is 10.1 Å². The number of ether oxygens (including phenoxy) is 1. The number of amides is 2. The first-order valence-corrected chi connectivity index (χ1v) is 7.84. The Labute approximate surface area is 131 Å². The fraction of sp³-hybridized carbons (Fsp3) is 0.529. The summed E-state index contributed by atoms with van der Waals surface area (Å²) < 4.78 is 5.41. The van der Waals surface area contributed by atoms with Crippen LogP contribution in [0.3, 0.4) is 0 Å². The third-order valence-corrected chi connectivity index (χ3v) is 3.81. The molecule has 1 N–H and O–H groups in total. The molecule has 0 radical (unpaired) electrons. The lowest BCUT2D eigenvalue weighted by atomic mass is 10.1. The van der Waals surface area contributed by atoms with Crippen LogP contribution in [0.5, 0.6) is 5.75 Å². The van der Waals surface area contributed by atoms with Crippen molar-refractivity contribution in [3.63, 3.8) is 0 Å². The number of carbonyl (C=O) groups is 2. The summed E-state index contributed by atoms with van der Waals surface area (Å²) in [5.74, 6) is 0.359. The van der Waals surface area contributed by atoms with E-state index in [1.54, 1.807) is 6.92 Å². The number of piperidine rings is 1. The molecule has 0 aliphatic carbocycles. The van der Waals surface area contributed by atoms with E-state index in [2.05, 4.69) is 5.32 Å². The van der Waals surface area contributed by atoms with E-state index in [-0.39, 0.29) is 18.4 Å². The van der Waals surface area contributed by atoms with Gasteiger partial charge in [0.2, 0.25) is 5.91 Å². The Morgan fingerprint density at radius 2 is 1.82 bits per heavy atom. The van der Waals surface area contributed by atoms with Crippen LogP contribution in [0.2, 0.25) is 0 Å². The summed E-state index contributed by atoms with van der Waals surface area (Å²) in [5, 5.41) is 2.70. The minimum atomic E-state index is -0.507. The summed E-state index contributed by atoms with van der Waals surface area (Å²) in [6, 6.07) is 6.99. The first kappa shape index (κ1) is 16.3. The van der Waals surface area contributed by atoms with Gasteiger partial charge in [0, 0.05) is 13.1 Å². The average Bonchev–Trinajstić information content (AvgIpc) is 2.54. The van der Waals surface area contributed by atoms with Crippen molar-refractivity contribution in [3.8, 4) is 5.75 Å². The van der Waals surface area contributed by atoms with Gasteiger partial charge in [-0.1, -0.05) is 17.7 Å². The van der Waals surface area contributed by atoms with Crippen molar-refractivity contribution < 1.29 is 14.3 Å².